The molecular weight excluding hydrogens is 290 g/mol. The minimum Gasteiger partial charge on any atom is -0.459 e. The van der Waals surface area contributed by atoms with Crippen molar-refractivity contribution in [1.82, 2.24) is 0 Å². The van der Waals surface area contributed by atoms with Gasteiger partial charge in [0.25, 0.3) is 5.69 Å². The standard InChI is InChI=1S/C11H12BrNO4/c1-6(2)17-11(14)9-4-8(13(15)16)5-10(12)7(9)3/h4-6H,1-3H3. The molecule has 0 fully saturated rings. The van der Waals surface area contributed by atoms with Crippen molar-refractivity contribution in [2.45, 2.75) is 26.9 Å². The van der Waals surface area contributed by atoms with E-state index in [1.54, 1.807) is 20.8 Å². The maximum absolute atomic E-state index is 11.7. The van der Waals surface area contributed by atoms with Crippen LogP contribution >= 0.6 is 15.9 Å². The Morgan fingerprint density at radius 3 is 2.53 bits per heavy atom. The highest BCUT2D eigenvalue weighted by Crippen LogP contribution is 2.27. The van der Waals surface area contributed by atoms with Crippen LogP contribution in [-0.4, -0.2) is 17.0 Å². The summed E-state index contributed by atoms with van der Waals surface area (Å²) < 4.78 is 5.54. The summed E-state index contributed by atoms with van der Waals surface area (Å²) in [7, 11) is 0. The van der Waals surface area contributed by atoms with Gasteiger partial charge in [0.1, 0.15) is 0 Å². The van der Waals surface area contributed by atoms with Crippen molar-refractivity contribution in [3.63, 3.8) is 0 Å². The summed E-state index contributed by atoms with van der Waals surface area (Å²) in [5.41, 5.74) is 0.694. The lowest BCUT2D eigenvalue weighted by molar-refractivity contribution is -0.385. The Hall–Kier alpha value is -1.43. The van der Waals surface area contributed by atoms with Crippen LogP contribution in [0.5, 0.6) is 0 Å². The Balaban J connectivity index is 3.22. The molecule has 0 atom stereocenters. The van der Waals surface area contributed by atoms with Crippen molar-refractivity contribution in [1.29, 1.82) is 0 Å². The highest BCUT2D eigenvalue weighted by atomic mass is 79.9. The topological polar surface area (TPSA) is 69.4 Å². The number of benzene rings is 1. The van der Waals surface area contributed by atoms with Crippen LogP contribution in [0.2, 0.25) is 0 Å². The third kappa shape index (κ3) is 3.26. The van der Waals surface area contributed by atoms with Crippen molar-refractivity contribution in [3.05, 3.63) is 37.8 Å². The maximum Gasteiger partial charge on any atom is 0.338 e. The lowest BCUT2D eigenvalue weighted by Gasteiger charge is -2.10. The average Bonchev–Trinajstić information content (AvgIpc) is 2.20. The van der Waals surface area contributed by atoms with Gasteiger partial charge in [0, 0.05) is 16.6 Å². The second-order valence-electron chi connectivity index (χ2n) is 3.81. The number of nitro benzene ring substituents is 1. The highest BCUT2D eigenvalue weighted by molar-refractivity contribution is 9.10. The molecule has 17 heavy (non-hydrogen) atoms. The van der Waals surface area contributed by atoms with Gasteiger partial charge in [0.15, 0.2) is 0 Å². The van der Waals surface area contributed by atoms with Crippen LogP contribution in [0.3, 0.4) is 0 Å². The summed E-state index contributed by atoms with van der Waals surface area (Å²) in [5, 5.41) is 10.7. The molecule has 0 aromatic heterocycles. The third-order valence-electron chi connectivity index (χ3n) is 2.10. The molecule has 5 nitrogen and oxygen atoms in total. The smallest absolute Gasteiger partial charge is 0.338 e. The Kier molecular flexibility index (Phi) is 4.22. The molecule has 1 aromatic rings. The molecule has 0 radical (unpaired) electrons. The Morgan fingerprint density at radius 2 is 2.06 bits per heavy atom. The second-order valence-corrected chi connectivity index (χ2v) is 4.67. The normalized spacial score (nSPS) is 10.4. The van der Waals surface area contributed by atoms with E-state index in [1.807, 2.05) is 0 Å². The lowest BCUT2D eigenvalue weighted by Crippen LogP contribution is -2.13. The summed E-state index contributed by atoms with van der Waals surface area (Å²) >= 11 is 3.19. The van der Waals surface area contributed by atoms with Crippen LogP contribution in [-0.2, 0) is 4.74 Å². The molecule has 6 heteroatoms. The number of non-ortho nitro benzene ring substituents is 1. The quantitative estimate of drug-likeness (QED) is 0.488. The summed E-state index contributed by atoms with van der Waals surface area (Å²) in [5.74, 6) is -0.554. The molecule has 0 saturated carbocycles. The zero-order valence-electron chi connectivity index (χ0n) is 9.69. The molecule has 0 heterocycles. The largest absolute Gasteiger partial charge is 0.459 e. The van der Waals surface area contributed by atoms with E-state index in [1.165, 1.54) is 12.1 Å². The van der Waals surface area contributed by atoms with E-state index in [9.17, 15) is 14.9 Å². The molecule has 0 aliphatic rings. The summed E-state index contributed by atoms with van der Waals surface area (Å²) in [6.07, 6.45) is -0.264. The Bertz CT molecular complexity index is 471. The van der Waals surface area contributed by atoms with Gasteiger partial charge in [0.05, 0.1) is 16.6 Å². The third-order valence-corrected chi connectivity index (χ3v) is 2.93. The summed E-state index contributed by atoms with van der Waals surface area (Å²) in [6, 6.07) is 2.59. The molecule has 0 aliphatic heterocycles. The molecule has 0 bridgehead atoms. The zero-order chi connectivity index (χ0) is 13.2. The first-order chi connectivity index (χ1) is 7.82. The lowest BCUT2D eigenvalue weighted by atomic mass is 10.1. The maximum atomic E-state index is 11.7. The fourth-order valence-electron chi connectivity index (χ4n) is 1.26. The number of nitrogens with zero attached hydrogens (tertiary/aromatic N) is 1. The van der Waals surface area contributed by atoms with E-state index < -0.39 is 10.9 Å². The van der Waals surface area contributed by atoms with Crippen molar-refractivity contribution in [2.24, 2.45) is 0 Å². The van der Waals surface area contributed by atoms with Gasteiger partial charge in [-0.2, -0.15) is 0 Å². The first-order valence-electron chi connectivity index (χ1n) is 4.98. The molecule has 0 saturated heterocycles. The molecule has 1 rings (SSSR count). The van der Waals surface area contributed by atoms with Crippen LogP contribution in [0.1, 0.15) is 29.8 Å². The number of nitro groups is 1. The van der Waals surface area contributed by atoms with Gasteiger partial charge in [-0.1, -0.05) is 15.9 Å². The molecular formula is C11H12BrNO4. The number of halogens is 1. The van der Waals surface area contributed by atoms with Crippen molar-refractivity contribution in [2.75, 3.05) is 0 Å². The molecule has 0 N–H and O–H groups in total. The van der Waals surface area contributed by atoms with Crippen molar-refractivity contribution in [3.8, 4) is 0 Å². The molecule has 0 unspecified atom stereocenters. The molecule has 92 valence electrons. The predicted molar refractivity (Wildman–Crippen MR) is 66.1 cm³/mol. The van der Waals surface area contributed by atoms with Gasteiger partial charge >= 0.3 is 5.97 Å². The van der Waals surface area contributed by atoms with E-state index >= 15 is 0 Å². The molecule has 0 aliphatic carbocycles. The fourth-order valence-corrected chi connectivity index (χ4v) is 1.71. The number of hydrogen-bond donors (Lipinski definition) is 0. The number of esters is 1. The summed E-state index contributed by atoms with van der Waals surface area (Å²) in [4.78, 5) is 21.9. The van der Waals surface area contributed by atoms with E-state index in [0.29, 0.717) is 10.0 Å². The van der Waals surface area contributed by atoms with Crippen molar-refractivity contribution < 1.29 is 14.5 Å². The van der Waals surface area contributed by atoms with E-state index in [-0.39, 0.29) is 17.4 Å². The molecule has 0 spiro atoms. The van der Waals surface area contributed by atoms with Crippen LogP contribution in [0.25, 0.3) is 0 Å². The monoisotopic (exact) mass is 301 g/mol. The minimum atomic E-state index is -0.554. The van der Waals surface area contributed by atoms with Gasteiger partial charge in [-0.05, 0) is 26.3 Å². The van der Waals surface area contributed by atoms with Crippen LogP contribution in [0.15, 0.2) is 16.6 Å². The van der Waals surface area contributed by atoms with Gasteiger partial charge in [0.2, 0.25) is 0 Å². The average molecular weight is 302 g/mol. The first-order valence-corrected chi connectivity index (χ1v) is 5.77. The number of rotatable bonds is 3. The van der Waals surface area contributed by atoms with Gasteiger partial charge in [-0.15, -0.1) is 0 Å². The zero-order valence-corrected chi connectivity index (χ0v) is 11.3. The Morgan fingerprint density at radius 1 is 1.47 bits per heavy atom. The number of carbonyl (C=O) groups excluding carboxylic acids is 1. The minimum absolute atomic E-state index is 0.141. The van der Waals surface area contributed by atoms with Crippen LogP contribution in [0.4, 0.5) is 5.69 Å². The Labute approximate surface area is 107 Å². The molecule has 1 aromatic carbocycles. The number of ether oxygens (including phenoxy) is 1. The van der Waals surface area contributed by atoms with Crippen LogP contribution in [0, 0.1) is 17.0 Å². The van der Waals surface area contributed by atoms with E-state index in [2.05, 4.69) is 15.9 Å². The van der Waals surface area contributed by atoms with E-state index in [4.69, 9.17) is 4.74 Å². The van der Waals surface area contributed by atoms with Crippen LogP contribution < -0.4 is 0 Å². The first kappa shape index (κ1) is 13.6. The number of carbonyl (C=O) groups is 1. The highest BCUT2D eigenvalue weighted by Gasteiger charge is 2.19. The second kappa shape index (κ2) is 5.27. The number of hydrogen-bond acceptors (Lipinski definition) is 4. The SMILES string of the molecule is Cc1c(Br)cc([N+](=O)[O-])cc1C(=O)OC(C)C. The van der Waals surface area contributed by atoms with E-state index in [0.717, 1.165) is 0 Å². The van der Waals surface area contributed by atoms with Gasteiger partial charge in [-0.3, -0.25) is 10.1 Å². The van der Waals surface area contributed by atoms with Crippen molar-refractivity contribution >= 4 is 27.6 Å². The van der Waals surface area contributed by atoms with Gasteiger partial charge in [-0.25, -0.2) is 4.79 Å². The van der Waals surface area contributed by atoms with Gasteiger partial charge < -0.3 is 4.74 Å². The molecule has 0 amide bonds. The summed E-state index contributed by atoms with van der Waals surface area (Å²) in [6.45, 7) is 5.14. The fraction of sp³-hybridized carbons (Fsp3) is 0.364. The predicted octanol–water partition coefficient (Wildman–Crippen LogP) is 3.23.